The van der Waals surface area contributed by atoms with Gasteiger partial charge in [-0.05, 0) is 46.7 Å². The van der Waals surface area contributed by atoms with Crippen molar-refractivity contribution in [2.75, 3.05) is 25.4 Å². The van der Waals surface area contributed by atoms with Gasteiger partial charge < -0.3 is 15.2 Å². The van der Waals surface area contributed by atoms with E-state index in [1.54, 1.807) is 17.3 Å². The lowest BCUT2D eigenvalue weighted by atomic mass is 10.0. The maximum atomic E-state index is 12.6. The summed E-state index contributed by atoms with van der Waals surface area (Å²) in [5.74, 6) is 0.652. The predicted molar refractivity (Wildman–Crippen MR) is 89.4 cm³/mol. The van der Waals surface area contributed by atoms with E-state index >= 15 is 0 Å². The molecule has 1 aliphatic rings. The van der Waals surface area contributed by atoms with Crippen molar-refractivity contribution in [3.05, 3.63) is 17.5 Å². The lowest BCUT2D eigenvalue weighted by Gasteiger charge is -2.39. The third-order valence-electron chi connectivity index (χ3n) is 4.36. The van der Waals surface area contributed by atoms with Crippen molar-refractivity contribution in [2.45, 2.75) is 52.2 Å². The van der Waals surface area contributed by atoms with Gasteiger partial charge >= 0.3 is 0 Å². The van der Waals surface area contributed by atoms with Gasteiger partial charge in [0.25, 0.3) is 0 Å². The largest absolute Gasteiger partial charge is 0.361 e. The van der Waals surface area contributed by atoms with Crippen molar-refractivity contribution in [1.29, 1.82) is 0 Å². The zero-order valence-corrected chi connectivity index (χ0v) is 15.1. The number of aryl methyl sites for hydroxylation is 1. The summed E-state index contributed by atoms with van der Waals surface area (Å²) in [7, 11) is -3.39. The molecule has 0 aliphatic carbocycles. The van der Waals surface area contributed by atoms with E-state index < -0.39 is 10.0 Å². The minimum atomic E-state index is -3.39. The Morgan fingerprint density at radius 3 is 2.57 bits per heavy atom. The van der Waals surface area contributed by atoms with Gasteiger partial charge in [0.05, 0.1) is 18.0 Å². The van der Waals surface area contributed by atoms with Crippen LogP contribution in [0.25, 0.3) is 0 Å². The Bertz CT molecular complexity index is 592. The molecule has 132 valence electrons. The molecule has 2 rings (SSSR count). The van der Waals surface area contributed by atoms with E-state index in [1.807, 2.05) is 0 Å². The van der Waals surface area contributed by atoms with E-state index in [0.717, 1.165) is 25.9 Å². The van der Waals surface area contributed by atoms with Crippen molar-refractivity contribution < 1.29 is 12.9 Å². The number of hydrogen-bond donors (Lipinski definition) is 1. The molecule has 0 radical (unpaired) electrons. The first-order valence-electron chi connectivity index (χ1n) is 8.19. The molecule has 0 saturated carbocycles. The summed E-state index contributed by atoms with van der Waals surface area (Å²) >= 11 is 0. The average Bonchev–Trinajstić information content (AvgIpc) is 2.90. The van der Waals surface area contributed by atoms with Crippen LogP contribution in [0.3, 0.4) is 0 Å². The van der Waals surface area contributed by atoms with E-state index in [0.29, 0.717) is 17.5 Å². The first-order chi connectivity index (χ1) is 10.8. The number of nitrogens with two attached hydrogens (primary N) is 1. The molecule has 7 nitrogen and oxygen atoms in total. The number of sulfonamides is 1. The Kier molecular flexibility index (Phi) is 6.19. The monoisotopic (exact) mass is 344 g/mol. The standard InChI is InChI=1S/C15H28N4O3S/c1-12(2)18-7-4-15(5-8-18)19(23(20,21)9-6-16)11-14-10-13(3)22-17-14/h10,12,15H,4-9,11,16H2,1-3H3. The van der Waals surface area contributed by atoms with Crippen LogP contribution in [0.1, 0.15) is 38.1 Å². The zero-order chi connectivity index (χ0) is 17.0. The fourth-order valence-corrected chi connectivity index (χ4v) is 4.59. The first kappa shape index (κ1) is 18.4. The highest BCUT2D eigenvalue weighted by molar-refractivity contribution is 7.89. The number of hydrogen-bond acceptors (Lipinski definition) is 6. The molecular formula is C15H28N4O3S. The second-order valence-corrected chi connectivity index (χ2v) is 8.48. The van der Waals surface area contributed by atoms with Gasteiger partial charge in [-0.1, -0.05) is 5.16 Å². The maximum Gasteiger partial charge on any atom is 0.215 e. The molecule has 0 atom stereocenters. The van der Waals surface area contributed by atoms with Crippen molar-refractivity contribution in [3.8, 4) is 0 Å². The van der Waals surface area contributed by atoms with E-state index in [4.69, 9.17) is 10.3 Å². The van der Waals surface area contributed by atoms with Gasteiger partial charge in [-0.25, -0.2) is 8.42 Å². The number of nitrogens with zero attached hydrogens (tertiary/aromatic N) is 3. The molecule has 0 spiro atoms. The van der Waals surface area contributed by atoms with Crippen molar-refractivity contribution in [3.63, 3.8) is 0 Å². The smallest absolute Gasteiger partial charge is 0.215 e. The van der Waals surface area contributed by atoms with Crippen LogP contribution in [-0.4, -0.2) is 60.3 Å². The molecule has 23 heavy (non-hydrogen) atoms. The third-order valence-corrected chi connectivity index (χ3v) is 6.26. The molecule has 1 aromatic heterocycles. The fraction of sp³-hybridized carbons (Fsp3) is 0.800. The Hall–Kier alpha value is -0.960. The van der Waals surface area contributed by atoms with Crippen LogP contribution in [0.5, 0.6) is 0 Å². The summed E-state index contributed by atoms with van der Waals surface area (Å²) in [5.41, 5.74) is 6.14. The molecule has 2 heterocycles. The van der Waals surface area contributed by atoms with Crippen LogP contribution in [0.4, 0.5) is 0 Å². The van der Waals surface area contributed by atoms with E-state index in [9.17, 15) is 8.42 Å². The highest BCUT2D eigenvalue weighted by Gasteiger charge is 2.33. The maximum absolute atomic E-state index is 12.6. The average molecular weight is 344 g/mol. The molecule has 0 amide bonds. The van der Waals surface area contributed by atoms with Crippen LogP contribution >= 0.6 is 0 Å². The Morgan fingerprint density at radius 1 is 1.43 bits per heavy atom. The van der Waals surface area contributed by atoms with E-state index in [-0.39, 0.29) is 24.9 Å². The number of likely N-dealkylation sites (tertiary alicyclic amines) is 1. The minimum Gasteiger partial charge on any atom is -0.361 e. The normalized spacial score (nSPS) is 18.2. The van der Waals surface area contributed by atoms with E-state index in [1.165, 1.54) is 0 Å². The SMILES string of the molecule is Cc1cc(CN(C2CCN(C(C)C)CC2)S(=O)(=O)CCN)no1. The summed E-state index contributed by atoms with van der Waals surface area (Å²) < 4.78 is 31.9. The van der Waals surface area contributed by atoms with Crippen molar-refractivity contribution in [2.24, 2.45) is 5.73 Å². The second-order valence-electron chi connectivity index (χ2n) is 6.44. The van der Waals surface area contributed by atoms with Crippen LogP contribution in [0.2, 0.25) is 0 Å². The summed E-state index contributed by atoms with van der Waals surface area (Å²) in [6.45, 7) is 8.34. The highest BCUT2D eigenvalue weighted by atomic mass is 32.2. The number of rotatable bonds is 7. The Morgan fingerprint density at radius 2 is 2.09 bits per heavy atom. The first-order valence-corrected chi connectivity index (χ1v) is 9.80. The third kappa shape index (κ3) is 4.76. The topological polar surface area (TPSA) is 92.7 Å². The molecule has 1 aliphatic heterocycles. The Labute approximate surface area is 138 Å². The van der Waals surface area contributed by atoms with Crippen LogP contribution < -0.4 is 5.73 Å². The molecule has 8 heteroatoms. The van der Waals surface area contributed by atoms with Gasteiger partial charge in [0.1, 0.15) is 5.76 Å². The zero-order valence-electron chi connectivity index (χ0n) is 14.2. The lowest BCUT2D eigenvalue weighted by Crippen LogP contribution is -2.49. The van der Waals surface area contributed by atoms with Crippen molar-refractivity contribution in [1.82, 2.24) is 14.4 Å². The van der Waals surface area contributed by atoms with Gasteiger partial charge in [-0.2, -0.15) is 4.31 Å². The second kappa shape index (κ2) is 7.74. The van der Waals surface area contributed by atoms with Crippen LogP contribution in [0.15, 0.2) is 10.6 Å². The van der Waals surface area contributed by atoms with Gasteiger partial charge in [0.15, 0.2) is 0 Å². The number of piperidine rings is 1. The molecular weight excluding hydrogens is 316 g/mol. The van der Waals surface area contributed by atoms with Crippen LogP contribution in [-0.2, 0) is 16.6 Å². The van der Waals surface area contributed by atoms with Crippen LogP contribution in [0, 0.1) is 6.92 Å². The Balaban J connectivity index is 2.14. The summed E-state index contributed by atoms with van der Waals surface area (Å²) in [4.78, 5) is 2.38. The molecule has 0 unspecified atom stereocenters. The van der Waals surface area contributed by atoms with Crippen molar-refractivity contribution >= 4 is 10.0 Å². The summed E-state index contributed by atoms with van der Waals surface area (Å²) in [5, 5.41) is 3.94. The van der Waals surface area contributed by atoms with E-state index in [2.05, 4.69) is 23.9 Å². The number of aromatic nitrogens is 1. The molecule has 1 aromatic rings. The molecule has 1 saturated heterocycles. The molecule has 1 fully saturated rings. The predicted octanol–water partition coefficient (Wildman–Crippen LogP) is 0.946. The minimum absolute atomic E-state index is 0.00134. The fourth-order valence-electron chi connectivity index (χ4n) is 3.06. The van der Waals surface area contributed by atoms with Gasteiger partial charge in [-0.15, -0.1) is 0 Å². The molecule has 0 aromatic carbocycles. The molecule has 0 bridgehead atoms. The van der Waals surface area contributed by atoms with Gasteiger partial charge in [-0.3, -0.25) is 0 Å². The lowest BCUT2D eigenvalue weighted by molar-refractivity contribution is 0.129. The highest BCUT2D eigenvalue weighted by Crippen LogP contribution is 2.23. The summed E-state index contributed by atoms with van der Waals surface area (Å²) in [6.07, 6.45) is 1.66. The molecule has 2 N–H and O–H groups in total. The summed E-state index contributed by atoms with van der Waals surface area (Å²) in [6, 6.07) is 2.27. The quantitative estimate of drug-likeness (QED) is 0.791. The van der Waals surface area contributed by atoms with Gasteiger partial charge in [0.2, 0.25) is 10.0 Å². The van der Waals surface area contributed by atoms with Gasteiger partial charge in [0, 0.05) is 24.7 Å².